The highest BCUT2D eigenvalue weighted by Gasteiger charge is 2.42. The van der Waals surface area contributed by atoms with Crippen molar-refractivity contribution in [2.75, 3.05) is 0 Å². The normalized spacial score (nSPS) is 34.2. The molecule has 0 saturated heterocycles. The predicted octanol–water partition coefficient (Wildman–Crippen LogP) is 2.09. The zero-order valence-corrected chi connectivity index (χ0v) is 9.20. The lowest BCUT2D eigenvalue weighted by Crippen LogP contribution is -2.16. The standard InChI is InChI=1S/C12H18O3/c1-2-3-12(14)15-11-6-8-4-10(13)5-9(8)7-11/h8-9,11H,2-7H2,1H3. The van der Waals surface area contributed by atoms with Gasteiger partial charge in [0, 0.05) is 19.3 Å². The molecule has 2 rings (SSSR count). The van der Waals surface area contributed by atoms with Crippen molar-refractivity contribution in [1.29, 1.82) is 0 Å². The Labute approximate surface area is 90.2 Å². The average molecular weight is 210 g/mol. The smallest absolute Gasteiger partial charge is 0.306 e. The first-order valence-corrected chi connectivity index (χ1v) is 5.90. The highest BCUT2D eigenvalue weighted by atomic mass is 16.5. The summed E-state index contributed by atoms with van der Waals surface area (Å²) in [6.45, 7) is 1.98. The Morgan fingerprint density at radius 3 is 2.47 bits per heavy atom. The zero-order chi connectivity index (χ0) is 10.8. The quantitative estimate of drug-likeness (QED) is 0.670. The molecule has 84 valence electrons. The molecule has 0 amide bonds. The van der Waals surface area contributed by atoms with E-state index >= 15 is 0 Å². The summed E-state index contributed by atoms with van der Waals surface area (Å²) in [4.78, 5) is 22.5. The van der Waals surface area contributed by atoms with Crippen LogP contribution in [0.1, 0.15) is 45.4 Å². The van der Waals surface area contributed by atoms with Gasteiger partial charge in [-0.2, -0.15) is 0 Å². The SMILES string of the molecule is CCCC(=O)OC1CC2CC(=O)CC2C1. The Morgan fingerprint density at radius 2 is 1.93 bits per heavy atom. The summed E-state index contributed by atoms with van der Waals surface area (Å²) in [6.07, 6.45) is 4.70. The summed E-state index contributed by atoms with van der Waals surface area (Å²) in [5.41, 5.74) is 0. The van der Waals surface area contributed by atoms with E-state index in [0.717, 1.165) is 19.3 Å². The zero-order valence-electron chi connectivity index (χ0n) is 9.20. The van der Waals surface area contributed by atoms with Crippen molar-refractivity contribution in [2.45, 2.75) is 51.6 Å². The Morgan fingerprint density at radius 1 is 1.33 bits per heavy atom. The average Bonchev–Trinajstić information content (AvgIpc) is 2.60. The van der Waals surface area contributed by atoms with Crippen LogP contribution in [0, 0.1) is 11.8 Å². The molecule has 3 heteroatoms. The summed E-state index contributed by atoms with van der Waals surface area (Å²) in [5, 5.41) is 0. The number of Topliss-reactive ketones (excluding diaryl/α,β-unsaturated/α-hetero) is 1. The van der Waals surface area contributed by atoms with Crippen LogP contribution in [0.15, 0.2) is 0 Å². The molecule has 2 fully saturated rings. The van der Waals surface area contributed by atoms with E-state index in [-0.39, 0.29) is 12.1 Å². The van der Waals surface area contributed by atoms with E-state index in [1.807, 2.05) is 6.92 Å². The van der Waals surface area contributed by atoms with E-state index in [9.17, 15) is 9.59 Å². The molecule has 2 atom stereocenters. The van der Waals surface area contributed by atoms with Gasteiger partial charge in [0.1, 0.15) is 11.9 Å². The second kappa shape index (κ2) is 4.33. The van der Waals surface area contributed by atoms with E-state index in [1.165, 1.54) is 0 Å². The second-order valence-electron chi connectivity index (χ2n) is 4.80. The third-order valence-electron chi connectivity index (χ3n) is 3.53. The number of carbonyl (C=O) groups is 2. The Bertz CT molecular complexity index is 256. The molecule has 15 heavy (non-hydrogen) atoms. The Hall–Kier alpha value is -0.860. The molecule has 3 nitrogen and oxygen atoms in total. The van der Waals surface area contributed by atoms with Gasteiger partial charge in [-0.1, -0.05) is 6.92 Å². The van der Waals surface area contributed by atoms with E-state index in [0.29, 0.717) is 36.9 Å². The maximum atomic E-state index is 11.3. The molecule has 0 radical (unpaired) electrons. The molecular weight excluding hydrogens is 192 g/mol. The molecule has 0 heterocycles. The number of hydrogen-bond donors (Lipinski definition) is 0. The summed E-state index contributed by atoms with van der Waals surface area (Å²) in [5.74, 6) is 1.31. The molecule has 0 N–H and O–H groups in total. The van der Waals surface area contributed by atoms with Crippen molar-refractivity contribution in [3.63, 3.8) is 0 Å². The van der Waals surface area contributed by atoms with Crippen molar-refractivity contribution in [1.82, 2.24) is 0 Å². The number of carbonyl (C=O) groups excluding carboxylic acids is 2. The first-order chi connectivity index (χ1) is 7.19. The third-order valence-corrected chi connectivity index (χ3v) is 3.53. The minimum absolute atomic E-state index is 0.0752. The van der Waals surface area contributed by atoms with Crippen LogP contribution in [0.3, 0.4) is 0 Å². The van der Waals surface area contributed by atoms with E-state index in [4.69, 9.17) is 4.74 Å². The number of hydrogen-bond acceptors (Lipinski definition) is 3. The fraction of sp³-hybridized carbons (Fsp3) is 0.833. The Kier molecular flexibility index (Phi) is 3.08. The van der Waals surface area contributed by atoms with E-state index in [2.05, 4.69) is 0 Å². The first kappa shape index (κ1) is 10.7. The minimum atomic E-state index is -0.0752. The van der Waals surface area contributed by atoms with Crippen LogP contribution in [0.5, 0.6) is 0 Å². The van der Waals surface area contributed by atoms with Crippen LogP contribution in [-0.4, -0.2) is 17.9 Å². The van der Waals surface area contributed by atoms with Gasteiger partial charge >= 0.3 is 5.97 Å². The number of rotatable bonds is 3. The van der Waals surface area contributed by atoms with Crippen LogP contribution >= 0.6 is 0 Å². The molecule has 0 aromatic carbocycles. The van der Waals surface area contributed by atoms with Crippen molar-refractivity contribution >= 4 is 11.8 Å². The van der Waals surface area contributed by atoms with Gasteiger partial charge in [-0.05, 0) is 31.1 Å². The van der Waals surface area contributed by atoms with Crippen molar-refractivity contribution in [3.8, 4) is 0 Å². The predicted molar refractivity (Wildman–Crippen MR) is 55.2 cm³/mol. The van der Waals surface area contributed by atoms with E-state index in [1.54, 1.807) is 0 Å². The molecular formula is C12H18O3. The van der Waals surface area contributed by atoms with Crippen LogP contribution in [0.2, 0.25) is 0 Å². The lowest BCUT2D eigenvalue weighted by atomic mass is 10.0. The second-order valence-corrected chi connectivity index (χ2v) is 4.80. The Balaban J connectivity index is 1.79. The first-order valence-electron chi connectivity index (χ1n) is 5.90. The molecule has 0 aromatic rings. The number of ether oxygens (including phenoxy) is 1. The van der Waals surface area contributed by atoms with Gasteiger partial charge in [-0.25, -0.2) is 0 Å². The monoisotopic (exact) mass is 210 g/mol. The summed E-state index contributed by atoms with van der Waals surface area (Å²) >= 11 is 0. The maximum Gasteiger partial charge on any atom is 0.306 e. The lowest BCUT2D eigenvalue weighted by Gasteiger charge is -2.12. The van der Waals surface area contributed by atoms with Crippen LogP contribution in [-0.2, 0) is 14.3 Å². The highest BCUT2D eigenvalue weighted by Crippen LogP contribution is 2.43. The van der Waals surface area contributed by atoms with Crippen molar-refractivity contribution in [2.24, 2.45) is 11.8 Å². The fourth-order valence-electron chi connectivity index (χ4n) is 2.87. The molecule has 2 saturated carbocycles. The van der Waals surface area contributed by atoms with Crippen LogP contribution in [0.25, 0.3) is 0 Å². The van der Waals surface area contributed by atoms with Gasteiger partial charge in [0.2, 0.25) is 0 Å². The lowest BCUT2D eigenvalue weighted by molar-refractivity contribution is -0.149. The molecule has 2 aliphatic carbocycles. The van der Waals surface area contributed by atoms with E-state index < -0.39 is 0 Å². The topological polar surface area (TPSA) is 43.4 Å². The van der Waals surface area contributed by atoms with Gasteiger partial charge < -0.3 is 4.74 Å². The molecule has 0 aromatic heterocycles. The van der Waals surface area contributed by atoms with Gasteiger partial charge in [-0.15, -0.1) is 0 Å². The van der Waals surface area contributed by atoms with Crippen molar-refractivity contribution in [3.05, 3.63) is 0 Å². The van der Waals surface area contributed by atoms with Gasteiger partial charge in [0.15, 0.2) is 0 Å². The largest absolute Gasteiger partial charge is 0.462 e. The maximum absolute atomic E-state index is 11.3. The summed E-state index contributed by atoms with van der Waals surface area (Å²) < 4.78 is 5.37. The van der Waals surface area contributed by atoms with Crippen molar-refractivity contribution < 1.29 is 14.3 Å². The minimum Gasteiger partial charge on any atom is -0.462 e. The number of ketones is 1. The highest BCUT2D eigenvalue weighted by molar-refractivity contribution is 5.81. The van der Waals surface area contributed by atoms with Gasteiger partial charge in [0.25, 0.3) is 0 Å². The van der Waals surface area contributed by atoms with Crippen LogP contribution < -0.4 is 0 Å². The third kappa shape index (κ3) is 2.39. The molecule has 0 aliphatic heterocycles. The number of esters is 1. The molecule has 0 bridgehead atoms. The van der Waals surface area contributed by atoms with Crippen LogP contribution in [0.4, 0.5) is 0 Å². The fourth-order valence-corrected chi connectivity index (χ4v) is 2.87. The molecule has 0 spiro atoms. The summed E-state index contributed by atoms with van der Waals surface area (Å²) in [7, 11) is 0. The summed E-state index contributed by atoms with van der Waals surface area (Å²) in [6, 6.07) is 0. The van der Waals surface area contributed by atoms with Gasteiger partial charge in [-0.3, -0.25) is 9.59 Å². The molecule has 2 unspecified atom stereocenters. The number of fused-ring (bicyclic) bond motifs is 1. The van der Waals surface area contributed by atoms with Gasteiger partial charge in [0.05, 0.1) is 0 Å². The molecule has 2 aliphatic rings.